The number of rotatable bonds is 6. The van der Waals surface area contributed by atoms with E-state index in [4.69, 9.17) is 5.73 Å². The molecule has 106 valence electrons. The van der Waals surface area contributed by atoms with Crippen LogP contribution in [0.1, 0.15) is 44.0 Å². The van der Waals surface area contributed by atoms with Crippen LogP contribution in [0.15, 0.2) is 18.2 Å². The number of hydrogen-bond acceptors (Lipinski definition) is 3. The SMILES string of the molecule is CCN(Cc1cccc(C)n1)CC1(CN)CCCC1. The number of aryl methyl sites for hydroxylation is 1. The Morgan fingerprint density at radius 2 is 2.05 bits per heavy atom. The van der Waals surface area contributed by atoms with Gasteiger partial charge in [-0.3, -0.25) is 9.88 Å². The lowest BCUT2D eigenvalue weighted by Gasteiger charge is -2.33. The third-order valence-corrected chi connectivity index (χ3v) is 4.44. The highest BCUT2D eigenvalue weighted by atomic mass is 15.1. The number of aromatic nitrogens is 1. The van der Waals surface area contributed by atoms with Gasteiger partial charge in [-0.05, 0) is 50.4 Å². The van der Waals surface area contributed by atoms with Crippen molar-refractivity contribution in [1.29, 1.82) is 0 Å². The van der Waals surface area contributed by atoms with E-state index in [0.29, 0.717) is 5.41 Å². The van der Waals surface area contributed by atoms with Crippen LogP contribution in [0.4, 0.5) is 0 Å². The minimum absolute atomic E-state index is 0.361. The predicted octanol–water partition coefficient (Wildman–Crippen LogP) is 2.73. The van der Waals surface area contributed by atoms with Crippen LogP contribution < -0.4 is 5.73 Å². The Morgan fingerprint density at radius 1 is 1.32 bits per heavy atom. The molecular formula is C16H27N3. The Balaban J connectivity index is 2.00. The molecular weight excluding hydrogens is 234 g/mol. The molecule has 1 aliphatic carbocycles. The molecule has 2 rings (SSSR count). The minimum atomic E-state index is 0.361. The van der Waals surface area contributed by atoms with E-state index in [9.17, 15) is 0 Å². The van der Waals surface area contributed by atoms with Crippen LogP contribution in [0.3, 0.4) is 0 Å². The first-order chi connectivity index (χ1) is 9.17. The Morgan fingerprint density at radius 3 is 2.63 bits per heavy atom. The molecule has 0 spiro atoms. The smallest absolute Gasteiger partial charge is 0.0547 e. The number of nitrogens with two attached hydrogens (primary N) is 1. The first-order valence-electron chi connectivity index (χ1n) is 7.52. The number of hydrogen-bond donors (Lipinski definition) is 1. The van der Waals surface area contributed by atoms with Gasteiger partial charge in [0.2, 0.25) is 0 Å². The van der Waals surface area contributed by atoms with E-state index in [1.165, 1.54) is 31.4 Å². The summed E-state index contributed by atoms with van der Waals surface area (Å²) >= 11 is 0. The largest absolute Gasteiger partial charge is 0.330 e. The maximum atomic E-state index is 6.05. The third kappa shape index (κ3) is 3.77. The normalized spacial score (nSPS) is 18.1. The molecule has 0 amide bonds. The highest BCUT2D eigenvalue weighted by Gasteiger charge is 2.33. The number of pyridine rings is 1. The van der Waals surface area contributed by atoms with Gasteiger partial charge in [-0.1, -0.05) is 25.8 Å². The zero-order valence-corrected chi connectivity index (χ0v) is 12.4. The van der Waals surface area contributed by atoms with E-state index in [1.54, 1.807) is 0 Å². The zero-order chi connectivity index (χ0) is 13.7. The van der Waals surface area contributed by atoms with Gasteiger partial charge in [0.1, 0.15) is 0 Å². The summed E-state index contributed by atoms with van der Waals surface area (Å²) in [5.74, 6) is 0. The van der Waals surface area contributed by atoms with Crippen LogP contribution in [-0.4, -0.2) is 29.5 Å². The van der Waals surface area contributed by atoms with Gasteiger partial charge in [-0.15, -0.1) is 0 Å². The Bertz CT molecular complexity index is 397. The van der Waals surface area contributed by atoms with Gasteiger partial charge in [0.25, 0.3) is 0 Å². The van der Waals surface area contributed by atoms with Crippen molar-refractivity contribution in [3.63, 3.8) is 0 Å². The molecule has 0 unspecified atom stereocenters. The molecule has 0 bridgehead atoms. The van der Waals surface area contributed by atoms with E-state index in [1.807, 2.05) is 0 Å². The maximum Gasteiger partial charge on any atom is 0.0547 e. The Hall–Kier alpha value is -0.930. The van der Waals surface area contributed by atoms with Crippen molar-refractivity contribution in [1.82, 2.24) is 9.88 Å². The van der Waals surface area contributed by atoms with Crippen molar-refractivity contribution in [2.45, 2.75) is 46.1 Å². The fourth-order valence-corrected chi connectivity index (χ4v) is 3.22. The number of nitrogens with zero attached hydrogens (tertiary/aromatic N) is 2. The van der Waals surface area contributed by atoms with Crippen LogP contribution >= 0.6 is 0 Å². The van der Waals surface area contributed by atoms with Crippen molar-refractivity contribution < 1.29 is 0 Å². The molecule has 1 aromatic heterocycles. The third-order valence-electron chi connectivity index (χ3n) is 4.44. The molecule has 1 aliphatic rings. The zero-order valence-electron chi connectivity index (χ0n) is 12.4. The molecule has 0 aliphatic heterocycles. The van der Waals surface area contributed by atoms with Crippen LogP contribution in [0, 0.1) is 12.3 Å². The van der Waals surface area contributed by atoms with Crippen molar-refractivity contribution in [3.8, 4) is 0 Å². The molecule has 2 N–H and O–H groups in total. The molecule has 0 radical (unpaired) electrons. The van der Waals surface area contributed by atoms with Gasteiger partial charge < -0.3 is 5.73 Å². The van der Waals surface area contributed by atoms with E-state index >= 15 is 0 Å². The second-order valence-corrected chi connectivity index (χ2v) is 5.98. The van der Waals surface area contributed by atoms with E-state index in [2.05, 4.69) is 41.9 Å². The minimum Gasteiger partial charge on any atom is -0.330 e. The average Bonchev–Trinajstić information content (AvgIpc) is 2.87. The summed E-state index contributed by atoms with van der Waals surface area (Å²) in [5.41, 5.74) is 8.68. The summed E-state index contributed by atoms with van der Waals surface area (Å²) in [6.45, 7) is 8.24. The highest BCUT2D eigenvalue weighted by molar-refractivity contribution is 5.10. The predicted molar refractivity (Wildman–Crippen MR) is 79.9 cm³/mol. The molecule has 3 heteroatoms. The standard InChI is InChI=1S/C16H27N3/c1-3-19(11-15-8-6-7-14(2)18-15)13-16(12-17)9-4-5-10-16/h6-8H,3-5,9-13,17H2,1-2H3. The summed E-state index contributed by atoms with van der Waals surface area (Å²) in [6, 6.07) is 6.28. The summed E-state index contributed by atoms with van der Waals surface area (Å²) in [7, 11) is 0. The van der Waals surface area contributed by atoms with Gasteiger partial charge >= 0.3 is 0 Å². The van der Waals surface area contributed by atoms with Gasteiger partial charge in [-0.25, -0.2) is 0 Å². The first kappa shape index (κ1) is 14.5. The van der Waals surface area contributed by atoms with Crippen LogP contribution in [0.5, 0.6) is 0 Å². The molecule has 1 heterocycles. The molecule has 0 atom stereocenters. The Kier molecular flexibility index (Phi) is 4.94. The fraction of sp³-hybridized carbons (Fsp3) is 0.688. The molecule has 1 saturated carbocycles. The van der Waals surface area contributed by atoms with Gasteiger partial charge in [0.15, 0.2) is 0 Å². The topological polar surface area (TPSA) is 42.2 Å². The molecule has 1 fully saturated rings. The van der Waals surface area contributed by atoms with Crippen LogP contribution in [-0.2, 0) is 6.54 Å². The lowest BCUT2D eigenvalue weighted by molar-refractivity contribution is 0.156. The van der Waals surface area contributed by atoms with Crippen molar-refractivity contribution in [2.24, 2.45) is 11.1 Å². The van der Waals surface area contributed by atoms with Crippen molar-refractivity contribution in [2.75, 3.05) is 19.6 Å². The van der Waals surface area contributed by atoms with Crippen LogP contribution in [0.25, 0.3) is 0 Å². The summed E-state index contributed by atoms with van der Waals surface area (Å²) in [6.07, 6.45) is 5.28. The Labute approximate surface area is 117 Å². The fourth-order valence-electron chi connectivity index (χ4n) is 3.22. The maximum absolute atomic E-state index is 6.05. The van der Waals surface area contributed by atoms with E-state index in [-0.39, 0.29) is 0 Å². The molecule has 19 heavy (non-hydrogen) atoms. The highest BCUT2D eigenvalue weighted by Crippen LogP contribution is 2.37. The summed E-state index contributed by atoms with van der Waals surface area (Å²) in [5, 5.41) is 0. The molecule has 3 nitrogen and oxygen atoms in total. The lowest BCUT2D eigenvalue weighted by atomic mass is 9.85. The summed E-state index contributed by atoms with van der Waals surface area (Å²) in [4.78, 5) is 7.11. The van der Waals surface area contributed by atoms with E-state index < -0.39 is 0 Å². The van der Waals surface area contributed by atoms with Crippen molar-refractivity contribution >= 4 is 0 Å². The van der Waals surface area contributed by atoms with E-state index in [0.717, 1.165) is 31.9 Å². The van der Waals surface area contributed by atoms with Crippen molar-refractivity contribution in [3.05, 3.63) is 29.6 Å². The lowest BCUT2D eigenvalue weighted by Crippen LogP contribution is -2.40. The summed E-state index contributed by atoms with van der Waals surface area (Å²) < 4.78 is 0. The molecule has 1 aromatic rings. The molecule has 0 aromatic carbocycles. The van der Waals surface area contributed by atoms with Gasteiger partial charge in [0, 0.05) is 18.8 Å². The average molecular weight is 261 g/mol. The molecule has 0 saturated heterocycles. The second kappa shape index (κ2) is 6.49. The van der Waals surface area contributed by atoms with Gasteiger partial charge in [-0.2, -0.15) is 0 Å². The second-order valence-electron chi connectivity index (χ2n) is 5.98. The first-order valence-corrected chi connectivity index (χ1v) is 7.52. The van der Waals surface area contributed by atoms with Crippen LogP contribution in [0.2, 0.25) is 0 Å². The van der Waals surface area contributed by atoms with Gasteiger partial charge in [0.05, 0.1) is 5.69 Å². The quantitative estimate of drug-likeness (QED) is 0.856. The monoisotopic (exact) mass is 261 g/mol.